The van der Waals surface area contributed by atoms with Gasteiger partial charge in [0.05, 0.1) is 5.60 Å². The van der Waals surface area contributed by atoms with Crippen molar-refractivity contribution in [1.29, 1.82) is 0 Å². The molecule has 2 unspecified atom stereocenters. The maximum Gasteiger partial charge on any atom is 0.197 e. The van der Waals surface area contributed by atoms with E-state index in [4.69, 9.17) is 4.74 Å². The Morgan fingerprint density at radius 2 is 1.21 bits per heavy atom. The predicted molar refractivity (Wildman–Crippen MR) is 58.9 cm³/mol. The smallest absolute Gasteiger partial charge is 0.197 e. The molecule has 0 aromatic heterocycles. The van der Waals surface area contributed by atoms with E-state index in [1.54, 1.807) is 0 Å². The molecule has 2 atom stereocenters. The summed E-state index contributed by atoms with van der Waals surface area (Å²) in [7, 11) is 0. The first-order chi connectivity index (χ1) is 8.83. The molecule has 4 rings (SSSR count). The Morgan fingerprint density at radius 3 is 1.53 bits per heavy atom. The molecule has 0 amide bonds. The standard InChI is InChI=1S/C14H12F4O/c1-13(2)14(19-13)5-3-4-6(14)8-7(5)9(15)11(17)12(18)10(8)16/h5-6H,3-4H2,1-2H3. The highest BCUT2D eigenvalue weighted by molar-refractivity contribution is 5.53. The van der Waals surface area contributed by atoms with Crippen LogP contribution in [0.5, 0.6) is 0 Å². The number of epoxide rings is 1. The summed E-state index contributed by atoms with van der Waals surface area (Å²) in [6.07, 6.45) is 1.26. The molecule has 1 saturated carbocycles. The molecule has 1 aromatic rings. The molecule has 102 valence electrons. The summed E-state index contributed by atoms with van der Waals surface area (Å²) >= 11 is 0. The van der Waals surface area contributed by atoms with E-state index < -0.39 is 34.5 Å². The third-order valence-corrected chi connectivity index (χ3v) is 5.14. The molecule has 0 N–H and O–H groups in total. The molecule has 1 spiro atoms. The van der Waals surface area contributed by atoms with Gasteiger partial charge in [0.2, 0.25) is 0 Å². The fourth-order valence-corrected chi connectivity index (χ4v) is 4.45. The van der Waals surface area contributed by atoms with E-state index in [1.807, 2.05) is 13.8 Å². The van der Waals surface area contributed by atoms with E-state index in [2.05, 4.69) is 0 Å². The van der Waals surface area contributed by atoms with Gasteiger partial charge in [0, 0.05) is 23.0 Å². The van der Waals surface area contributed by atoms with Gasteiger partial charge in [0.1, 0.15) is 5.60 Å². The Kier molecular flexibility index (Phi) is 1.83. The number of fused-ring (bicyclic) bond motifs is 3. The average Bonchev–Trinajstić information content (AvgIpc) is 2.67. The Balaban J connectivity index is 2.02. The molecule has 19 heavy (non-hydrogen) atoms. The number of halogens is 4. The maximum absolute atomic E-state index is 14.0. The highest BCUT2D eigenvalue weighted by Gasteiger charge is 2.78. The Labute approximate surface area is 107 Å². The molecule has 1 saturated heterocycles. The van der Waals surface area contributed by atoms with Crippen molar-refractivity contribution >= 4 is 0 Å². The van der Waals surface area contributed by atoms with Crippen molar-refractivity contribution in [2.75, 3.05) is 0 Å². The van der Waals surface area contributed by atoms with Crippen LogP contribution in [0.3, 0.4) is 0 Å². The van der Waals surface area contributed by atoms with Crippen LogP contribution in [0.15, 0.2) is 0 Å². The van der Waals surface area contributed by atoms with Crippen molar-refractivity contribution in [3.63, 3.8) is 0 Å². The van der Waals surface area contributed by atoms with Gasteiger partial charge in [-0.3, -0.25) is 0 Å². The first-order valence-electron chi connectivity index (χ1n) is 6.39. The molecule has 2 fully saturated rings. The van der Waals surface area contributed by atoms with Crippen LogP contribution in [0.4, 0.5) is 17.6 Å². The van der Waals surface area contributed by atoms with Gasteiger partial charge >= 0.3 is 0 Å². The number of ether oxygens (including phenoxy) is 1. The lowest BCUT2D eigenvalue weighted by atomic mass is 9.84. The highest BCUT2D eigenvalue weighted by atomic mass is 19.2. The van der Waals surface area contributed by atoms with Crippen molar-refractivity contribution in [2.24, 2.45) is 0 Å². The van der Waals surface area contributed by atoms with E-state index in [9.17, 15) is 17.6 Å². The molecule has 2 bridgehead atoms. The third-order valence-electron chi connectivity index (χ3n) is 5.14. The first-order valence-corrected chi connectivity index (χ1v) is 6.39. The van der Waals surface area contributed by atoms with Gasteiger partial charge in [-0.05, 0) is 26.7 Å². The van der Waals surface area contributed by atoms with Gasteiger partial charge in [-0.1, -0.05) is 0 Å². The normalized spacial score (nSPS) is 36.9. The fourth-order valence-electron chi connectivity index (χ4n) is 4.45. The fraction of sp³-hybridized carbons (Fsp3) is 0.571. The van der Waals surface area contributed by atoms with Gasteiger partial charge in [0.25, 0.3) is 0 Å². The number of hydrogen-bond donors (Lipinski definition) is 0. The van der Waals surface area contributed by atoms with Crippen molar-refractivity contribution in [2.45, 2.75) is 49.7 Å². The topological polar surface area (TPSA) is 12.5 Å². The van der Waals surface area contributed by atoms with Crippen molar-refractivity contribution in [3.05, 3.63) is 34.4 Å². The highest BCUT2D eigenvalue weighted by Crippen LogP contribution is 2.74. The van der Waals surface area contributed by atoms with Crippen LogP contribution in [0.2, 0.25) is 0 Å². The predicted octanol–water partition coefficient (Wildman–Crippen LogP) is 3.77. The first kappa shape index (κ1) is 11.7. The second kappa shape index (κ2) is 2.97. The zero-order chi connectivity index (χ0) is 13.7. The summed E-state index contributed by atoms with van der Waals surface area (Å²) < 4.78 is 60.5. The van der Waals surface area contributed by atoms with Crippen LogP contribution in [0.25, 0.3) is 0 Å². The number of hydrogen-bond acceptors (Lipinski definition) is 1. The maximum atomic E-state index is 14.0. The number of rotatable bonds is 0. The van der Waals surface area contributed by atoms with Crippen LogP contribution in [-0.4, -0.2) is 11.2 Å². The van der Waals surface area contributed by atoms with E-state index in [0.717, 1.165) is 0 Å². The largest absolute Gasteiger partial charge is 0.362 e. The van der Waals surface area contributed by atoms with Crippen LogP contribution < -0.4 is 0 Å². The molecule has 5 heteroatoms. The molecule has 1 nitrogen and oxygen atoms in total. The minimum atomic E-state index is -1.71. The lowest BCUT2D eigenvalue weighted by molar-refractivity contribution is 0.258. The molecule has 1 heterocycles. The van der Waals surface area contributed by atoms with Gasteiger partial charge in [-0.2, -0.15) is 0 Å². The quantitative estimate of drug-likeness (QED) is 0.303. The van der Waals surface area contributed by atoms with Crippen LogP contribution in [-0.2, 0) is 4.74 Å². The molecule has 1 aromatic carbocycles. The lowest BCUT2D eigenvalue weighted by Gasteiger charge is -2.16. The molecular formula is C14H12F4O. The van der Waals surface area contributed by atoms with E-state index in [-0.39, 0.29) is 23.0 Å². The summed E-state index contributed by atoms with van der Waals surface area (Å²) in [5, 5.41) is 0. The monoisotopic (exact) mass is 272 g/mol. The van der Waals surface area contributed by atoms with E-state index in [0.29, 0.717) is 12.8 Å². The Morgan fingerprint density at radius 1 is 0.842 bits per heavy atom. The lowest BCUT2D eigenvalue weighted by Crippen LogP contribution is -2.24. The van der Waals surface area contributed by atoms with Gasteiger partial charge in [0.15, 0.2) is 23.3 Å². The SMILES string of the molecule is CC1(C)OC12C1CCC2c2c(F)c(F)c(F)c(F)c21. The van der Waals surface area contributed by atoms with Crippen LogP contribution in [0.1, 0.15) is 49.7 Å². The Hall–Kier alpha value is -1.10. The zero-order valence-electron chi connectivity index (χ0n) is 10.5. The van der Waals surface area contributed by atoms with Gasteiger partial charge in [-0.25, -0.2) is 17.6 Å². The zero-order valence-corrected chi connectivity index (χ0v) is 10.5. The summed E-state index contributed by atoms with van der Waals surface area (Å²) in [5.74, 6) is -6.65. The molecule has 0 radical (unpaired) electrons. The summed E-state index contributed by atoms with van der Waals surface area (Å²) in [6.45, 7) is 3.71. The average molecular weight is 272 g/mol. The van der Waals surface area contributed by atoms with E-state index in [1.165, 1.54) is 0 Å². The van der Waals surface area contributed by atoms with Gasteiger partial charge < -0.3 is 4.74 Å². The van der Waals surface area contributed by atoms with Crippen LogP contribution in [0, 0.1) is 23.3 Å². The third kappa shape index (κ3) is 1.01. The molecule has 2 aliphatic carbocycles. The summed E-state index contributed by atoms with van der Waals surface area (Å²) in [4.78, 5) is 0. The molecular weight excluding hydrogens is 260 g/mol. The van der Waals surface area contributed by atoms with Crippen molar-refractivity contribution in [1.82, 2.24) is 0 Å². The van der Waals surface area contributed by atoms with Crippen molar-refractivity contribution < 1.29 is 22.3 Å². The molecule has 3 aliphatic rings. The Bertz CT molecular complexity index is 580. The van der Waals surface area contributed by atoms with E-state index >= 15 is 0 Å². The van der Waals surface area contributed by atoms with Crippen molar-refractivity contribution in [3.8, 4) is 0 Å². The second-order valence-electron chi connectivity index (χ2n) is 6.17. The van der Waals surface area contributed by atoms with Crippen LogP contribution >= 0.6 is 0 Å². The summed E-state index contributed by atoms with van der Waals surface area (Å²) in [5.41, 5.74) is -1.17. The minimum absolute atomic E-state index is 0.00164. The minimum Gasteiger partial charge on any atom is -0.362 e. The number of benzene rings is 1. The molecule has 1 aliphatic heterocycles. The second-order valence-corrected chi connectivity index (χ2v) is 6.17. The van der Waals surface area contributed by atoms with Gasteiger partial charge in [-0.15, -0.1) is 0 Å². The summed E-state index contributed by atoms with van der Waals surface area (Å²) in [6, 6.07) is 0.